The lowest BCUT2D eigenvalue weighted by Crippen LogP contribution is -2.45. The molecule has 10 heteroatoms. The molecule has 1 atom stereocenters. The Morgan fingerprint density at radius 2 is 1.89 bits per heavy atom. The van der Waals surface area contributed by atoms with E-state index < -0.39 is 36.7 Å². The van der Waals surface area contributed by atoms with E-state index in [0.717, 1.165) is 18.2 Å². The van der Waals surface area contributed by atoms with Gasteiger partial charge in [0.2, 0.25) is 5.91 Å². The summed E-state index contributed by atoms with van der Waals surface area (Å²) in [5, 5.41) is 0. The minimum Gasteiger partial charge on any atom is -0.452 e. The van der Waals surface area contributed by atoms with Crippen molar-refractivity contribution in [1.82, 2.24) is 4.90 Å². The van der Waals surface area contributed by atoms with Crippen molar-refractivity contribution >= 4 is 23.9 Å². The lowest BCUT2D eigenvalue weighted by Gasteiger charge is -2.30. The molecule has 0 unspecified atom stereocenters. The molecule has 2 rings (SSSR count). The minimum atomic E-state index is -4.78. The number of ether oxygens (including phenoxy) is 2. The summed E-state index contributed by atoms with van der Waals surface area (Å²) in [6.07, 6.45) is -1.14. The van der Waals surface area contributed by atoms with Gasteiger partial charge in [0.05, 0.1) is 5.92 Å². The number of benzene rings is 1. The van der Waals surface area contributed by atoms with Crippen LogP contribution in [0.4, 0.5) is 13.2 Å². The number of nitrogens with two attached hydrogens (primary N) is 1. The highest BCUT2D eigenvalue weighted by atomic mass is 19.4. The van der Waals surface area contributed by atoms with Crippen molar-refractivity contribution in [1.29, 1.82) is 0 Å². The molecule has 0 aromatic heterocycles. The van der Waals surface area contributed by atoms with Gasteiger partial charge in [-0.25, -0.2) is 4.79 Å². The molecule has 0 aliphatic carbocycles. The Kier molecular flexibility index (Phi) is 7.02. The maximum absolute atomic E-state index is 12.1. The highest BCUT2D eigenvalue weighted by Crippen LogP contribution is 2.23. The van der Waals surface area contributed by atoms with E-state index in [1.54, 1.807) is 0 Å². The summed E-state index contributed by atoms with van der Waals surface area (Å²) in [6.45, 7) is 0.184. The first-order chi connectivity index (χ1) is 13.1. The molecule has 2 amide bonds. The number of hydrogen-bond donors (Lipinski definition) is 1. The molecule has 1 heterocycles. The largest absolute Gasteiger partial charge is 0.573 e. The fourth-order valence-corrected chi connectivity index (χ4v) is 2.65. The molecule has 2 N–H and O–H groups in total. The molecule has 7 nitrogen and oxygen atoms in total. The molecular formula is C18H19F3N2O5. The third kappa shape index (κ3) is 6.93. The first-order valence-corrected chi connectivity index (χ1v) is 8.42. The summed E-state index contributed by atoms with van der Waals surface area (Å²) in [4.78, 5) is 36.4. The zero-order valence-electron chi connectivity index (χ0n) is 14.8. The van der Waals surface area contributed by atoms with Gasteiger partial charge in [0.15, 0.2) is 6.61 Å². The normalized spacial score (nSPS) is 17.4. The molecule has 0 saturated carbocycles. The van der Waals surface area contributed by atoms with Crippen LogP contribution >= 0.6 is 0 Å². The van der Waals surface area contributed by atoms with Crippen LogP contribution in [0.3, 0.4) is 0 Å². The van der Waals surface area contributed by atoms with Gasteiger partial charge in [0.25, 0.3) is 5.91 Å². The van der Waals surface area contributed by atoms with E-state index in [1.807, 2.05) is 0 Å². The van der Waals surface area contributed by atoms with Crippen molar-refractivity contribution in [3.63, 3.8) is 0 Å². The average molecular weight is 400 g/mol. The number of rotatable bonds is 6. The third-order valence-corrected chi connectivity index (χ3v) is 4.04. The second-order valence-corrected chi connectivity index (χ2v) is 6.14. The maximum Gasteiger partial charge on any atom is 0.573 e. The minimum absolute atomic E-state index is 0.202. The number of hydrogen-bond acceptors (Lipinski definition) is 5. The van der Waals surface area contributed by atoms with Crippen LogP contribution in [0.2, 0.25) is 0 Å². The van der Waals surface area contributed by atoms with E-state index in [-0.39, 0.29) is 12.3 Å². The lowest BCUT2D eigenvalue weighted by molar-refractivity contribution is -0.274. The van der Waals surface area contributed by atoms with Gasteiger partial charge in [0.1, 0.15) is 5.75 Å². The number of nitrogens with zero attached hydrogens (tertiary/aromatic N) is 1. The summed E-state index contributed by atoms with van der Waals surface area (Å²) < 4.78 is 44.9. The third-order valence-electron chi connectivity index (χ3n) is 4.04. The van der Waals surface area contributed by atoms with E-state index in [1.165, 1.54) is 23.1 Å². The molecular weight excluding hydrogens is 381 g/mol. The first kappa shape index (κ1) is 21.3. The van der Waals surface area contributed by atoms with Crippen LogP contribution in [0.1, 0.15) is 18.4 Å². The summed E-state index contributed by atoms with van der Waals surface area (Å²) in [5.74, 6) is -2.47. The van der Waals surface area contributed by atoms with Gasteiger partial charge < -0.3 is 20.1 Å². The van der Waals surface area contributed by atoms with E-state index in [4.69, 9.17) is 10.5 Å². The Bertz CT molecular complexity index is 747. The van der Waals surface area contributed by atoms with Gasteiger partial charge in [-0.2, -0.15) is 0 Å². The predicted octanol–water partition coefficient (Wildman–Crippen LogP) is 1.87. The van der Waals surface area contributed by atoms with E-state index in [2.05, 4.69) is 4.74 Å². The molecule has 0 radical (unpaired) electrons. The number of likely N-dealkylation sites (tertiary alicyclic amines) is 1. The summed E-state index contributed by atoms with van der Waals surface area (Å²) in [6, 6.07) is 4.86. The zero-order valence-corrected chi connectivity index (χ0v) is 14.8. The van der Waals surface area contributed by atoms with Gasteiger partial charge in [-0.05, 0) is 36.6 Å². The van der Waals surface area contributed by atoms with Crippen LogP contribution in [0.5, 0.6) is 5.75 Å². The zero-order chi connectivity index (χ0) is 20.7. The quantitative estimate of drug-likeness (QED) is 0.581. The molecule has 28 heavy (non-hydrogen) atoms. The van der Waals surface area contributed by atoms with Crippen LogP contribution in [-0.4, -0.2) is 48.7 Å². The topological polar surface area (TPSA) is 98.9 Å². The van der Waals surface area contributed by atoms with E-state index in [0.29, 0.717) is 24.9 Å². The summed E-state index contributed by atoms with van der Waals surface area (Å²) in [5.41, 5.74) is 5.69. The molecule has 1 aromatic carbocycles. The van der Waals surface area contributed by atoms with Gasteiger partial charge in [-0.15, -0.1) is 13.2 Å². The van der Waals surface area contributed by atoms with Crippen molar-refractivity contribution in [3.05, 3.63) is 35.9 Å². The summed E-state index contributed by atoms with van der Waals surface area (Å²) in [7, 11) is 0. The molecule has 1 aliphatic heterocycles. The number of carbonyl (C=O) groups is 3. The van der Waals surface area contributed by atoms with Crippen molar-refractivity contribution in [3.8, 4) is 5.75 Å². The number of primary amides is 1. The average Bonchev–Trinajstić information content (AvgIpc) is 2.64. The second-order valence-electron chi connectivity index (χ2n) is 6.14. The van der Waals surface area contributed by atoms with E-state index >= 15 is 0 Å². The molecule has 1 saturated heterocycles. The molecule has 0 spiro atoms. The second kappa shape index (κ2) is 9.25. The maximum atomic E-state index is 12.1. The van der Waals surface area contributed by atoms with Crippen molar-refractivity contribution in [2.24, 2.45) is 11.7 Å². The number of esters is 1. The Morgan fingerprint density at radius 1 is 1.21 bits per heavy atom. The monoisotopic (exact) mass is 400 g/mol. The van der Waals surface area contributed by atoms with Crippen LogP contribution in [-0.2, 0) is 19.1 Å². The van der Waals surface area contributed by atoms with Gasteiger partial charge in [0, 0.05) is 19.2 Å². The number of piperidine rings is 1. The summed E-state index contributed by atoms with van der Waals surface area (Å²) >= 11 is 0. The Morgan fingerprint density at radius 3 is 2.50 bits per heavy atom. The fourth-order valence-electron chi connectivity index (χ4n) is 2.65. The van der Waals surface area contributed by atoms with Crippen LogP contribution in [0.15, 0.2) is 30.3 Å². The van der Waals surface area contributed by atoms with Crippen molar-refractivity contribution < 1.29 is 37.0 Å². The predicted molar refractivity (Wildman–Crippen MR) is 91.6 cm³/mol. The van der Waals surface area contributed by atoms with Gasteiger partial charge in [-0.3, -0.25) is 9.59 Å². The number of alkyl halides is 3. The van der Waals surface area contributed by atoms with Gasteiger partial charge in [-0.1, -0.05) is 12.1 Å². The van der Waals surface area contributed by atoms with Crippen LogP contribution in [0, 0.1) is 5.92 Å². The van der Waals surface area contributed by atoms with Crippen LogP contribution < -0.4 is 10.5 Å². The molecule has 152 valence electrons. The Balaban J connectivity index is 1.80. The van der Waals surface area contributed by atoms with Crippen molar-refractivity contribution in [2.75, 3.05) is 19.7 Å². The molecule has 1 aliphatic rings. The fraction of sp³-hybridized carbons (Fsp3) is 0.389. The number of halogens is 3. The lowest BCUT2D eigenvalue weighted by atomic mass is 9.97. The Labute approximate surface area is 158 Å². The number of amides is 2. The SMILES string of the molecule is NC(=O)[C@@H]1CCCN(C(=O)COC(=O)/C=C/c2ccc(OC(F)(F)F)cc2)C1. The van der Waals surface area contributed by atoms with Gasteiger partial charge >= 0.3 is 12.3 Å². The smallest absolute Gasteiger partial charge is 0.452 e. The highest BCUT2D eigenvalue weighted by molar-refractivity contribution is 5.89. The Hall–Kier alpha value is -3.04. The van der Waals surface area contributed by atoms with Crippen molar-refractivity contribution in [2.45, 2.75) is 19.2 Å². The number of carbonyl (C=O) groups excluding carboxylic acids is 3. The molecule has 1 fully saturated rings. The molecule has 0 bridgehead atoms. The standard InChI is InChI=1S/C18H19F3N2O5/c19-18(20,21)28-14-6-3-12(4-7-14)5-8-16(25)27-11-15(24)23-9-1-2-13(10-23)17(22)26/h3-8,13H,1-2,9-11H2,(H2,22,26)/b8-5+/t13-/m1/s1. The molecule has 1 aromatic rings. The first-order valence-electron chi connectivity index (χ1n) is 8.42. The van der Waals surface area contributed by atoms with E-state index in [9.17, 15) is 27.6 Å². The van der Waals surface area contributed by atoms with Crippen LogP contribution in [0.25, 0.3) is 6.08 Å². The highest BCUT2D eigenvalue weighted by Gasteiger charge is 2.31.